The number of primary amides is 1. The summed E-state index contributed by atoms with van der Waals surface area (Å²) in [5, 5.41) is 8.29. The topological polar surface area (TPSA) is 80.4 Å². The van der Waals surface area contributed by atoms with Gasteiger partial charge in [0.05, 0.1) is 0 Å². The molecule has 3 N–H and O–H groups in total. The van der Waals surface area contributed by atoms with Gasteiger partial charge in [0.15, 0.2) is 0 Å². The molecule has 6 heteroatoms. The van der Waals surface area contributed by atoms with Crippen LogP contribution in [0, 0.1) is 5.82 Å². The Morgan fingerprint density at radius 2 is 2.17 bits per heavy atom. The molecule has 98 valence electrons. The lowest BCUT2D eigenvalue weighted by atomic mass is 10.1. The predicted octanol–water partition coefficient (Wildman–Crippen LogP) is 2.02. The number of carboxylic acid groups (broad SMARTS) is 1. The van der Waals surface area contributed by atoms with Crippen LogP contribution in [-0.4, -0.2) is 22.2 Å². The van der Waals surface area contributed by atoms with Crippen LogP contribution < -0.4 is 5.73 Å². The Kier molecular flexibility index (Phi) is 5.15. The number of carboxylic acids is 1. The number of nitrogens with two attached hydrogens (primary N) is 1. The van der Waals surface area contributed by atoms with Crippen LogP contribution in [0.5, 0.6) is 0 Å². The summed E-state index contributed by atoms with van der Waals surface area (Å²) in [5.74, 6) is -1.83. The number of aliphatic carboxylic acids is 1. The molecule has 1 amide bonds. The average Bonchev–Trinajstić information content (AvgIpc) is 2.31. The minimum absolute atomic E-state index is 0.192. The Morgan fingerprint density at radius 3 is 2.67 bits per heavy atom. The zero-order chi connectivity index (χ0) is 13.7. The molecule has 0 saturated heterocycles. The van der Waals surface area contributed by atoms with E-state index in [0.29, 0.717) is 6.42 Å². The molecule has 1 rings (SSSR count). The third-order valence-corrected chi connectivity index (χ3v) is 3.83. The molecule has 0 saturated carbocycles. The van der Waals surface area contributed by atoms with Crippen molar-refractivity contribution in [3.05, 3.63) is 35.1 Å². The highest BCUT2D eigenvalue weighted by Crippen LogP contribution is 2.23. The number of hydrogen-bond donors (Lipinski definition) is 2. The second-order valence-corrected chi connectivity index (χ2v) is 4.91. The second kappa shape index (κ2) is 6.39. The largest absolute Gasteiger partial charge is 0.480 e. The lowest BCUT2D eigenvalue weighted by molar-refractivity contribution is -0.136. The van der Waals surface area contributed by atoms with E-state index in [1.54, 1.807) is 6.92 Å². The van der Waals surface area contributed by atoms with Gasteiger partial charge in [-0.3, -0.25) is 9.59 Å². The zero-order valence-electron chi connectivity index (χ0n) is 9.85. The van der Waals surface area contributed by atoms with Crippen LogP contribution in [0.1, 0.15) is 29.3 Å². The van der Waals surface area contributed by atoms with E-state index >= 15 is 0 Å². The van der Waals surface area contributed by atoms with Crippen LogP contribution in [0.2, 0.25) is 0 Å². The van der Waals surface area contributed by atoms with Crippen LogP contribution in [0.3, 0.4) is 0 Å². The summed E-state index contributed by atoms with van der Waals surface area (Å²) in [7, 11) is 0. The Balaban J connectivity index is 2.80. The van der Waals surface area contributed by atoms with Crippen molar-refractivity contribution in [2.75, 3.05) is 0 Å². The molecule has 0 spiro atoms. The normalized spacial score (nSPS) is 12.1. The molecule has 1 aromatic rings. The van der Waals surface area contributed by atoms with Crippen molar-refractivity contribution < 1.29 is 19.1 Å². The van der Waals surface area contributed by atoms with Crippen molar-refractivity contribution in [3.63, 3.8) is 0 Å². The molecule has 0 heterocycles. The fraction of sp³-hybridized carbons (Fsp3) is 0.333. The maximum Gasteiger partial charge on any atom is 0.316 e. The first-order chi connectivity index (χ1) is 8.45. The van der Waals surface area contributed by atoms with E-state index in [1.165, 1.54) is 12.1 Å². The number of carbonyl (C=O) groups excluding carboxylic acids is 1. The van der Waals surface area contributed by atoms with Gasteiger partial charge >= 0.3 is 5.97 Å². The molecule has 18 heavy (non-hydrogen) atoms. The molecule has 4 nitrogen and oxygen atoms in total. The maximum atomic E-state index is 13.5. The lowest BCUT2D eigenvalue weighted by Gasteiger charge is -2.10. The van der Waals surface area contributed by atoms with Gasteiger partial charge in [0.2, 0.25) is 5.91 Å². The number of benzene rings is 1. The summed E-state index contributed by atoms with van der Waals surface area (Å²) in [6, 6.07) is 3.83. The minimum Gasteiger partial charge on any atom is -0.480 e. The Morgan fingerprint density at radius 1 is 1.50 bits per heavy atom. The molecular formula is C12H14FNO3S. The number of amides is 1. The molecule has 0 aliphatic carbocycles. The summed E-state index contributed by atoms with van der Waals surface area (Å²) in [4.78, 5) is 21.8. The maximum absolute atomic E-state index is 13.5. The quantitative estimate of drug-likeness (QED) is 0.829. The van der Waals surface area contributed by atoms with Crippen molar-refractivity contribution in [1.29, 1.82) is 0 Å². The van der Waals surface area contributed by atoms with E-state index in [-0.39, 0.29) is 16.9 Å². The molecule has 0 aliphatic rings. The minimum atomic E-state index is -0.922. The third kappa shape index (κ3) is 3.73. The molecule has 1 aromatic carbocycles. The highest BCUT2D eigenvalue weighted by molar-refractivity contribution is 7.99. The van der Waals surface area contributed by atoms with Gasteiger partial charge in [0, 0.05) is 11.3 Å². The van der Waals surface area contributed by atoms with E-state index in [9.17, 15) is 14.0 Å². The van der Waals surface area contributed by atoms with Gasteiger partial charge < -0.3 is 10.8 Å². The van der Waals surface area contributed by atoms with Crippen LogP contribution >= 0.6 is 11.8 Å². The van der Waals surface area contributed by atoms with Gasteiger partial charge in [0.1, 0.15) is 11.1 Å². The predicted molar refractivity (Wildman–Crippen MR) is 67.9 cm³/mol. The number of halogens is 1. The molecule has 0 radical (unpaired) electrons. The fourth-order valence-electron chi connectivity index (χ4n) is 1.39. The smallest absolute Gasteiger partial charge is 0.316 e. The van der Waals surface area contributed by atoms with Crippen molar-refractivity contribution in [1.82, 2.24) is 0 Å². The second-order valence-electron chi connectivity index (χ2n) is 3.72. The SMILES string of the molecule is CCC(SCc1cc(C(N)=O)ccc1F)C(=O)O. The van der Waals surface area contributed by atoms with Crippen molar-refractivity contribution in [2.24, 2.45) is 5.73 Å². The first-order valence-electron chi connectivity index (χ1n) is 5.38. The van der Waals surface area contributed by atoms with E-state index in [0.717, 1.165) is 17.8 Å². The Hall–Kier alpha value is -1.56. The number of carbonyl (C=O) groups is 2. The average molecular weight is 271 g/mol. The van der Waals surface area contributed by atoms with Gasteiger partial charge in [-0.1, -0.05) is 6.92 Å². The molecule has 0 aliphatic heterocycles. The van der Waals surface area contributed by atoms with Crippen LogP contribution in [0.25, 0.3) is 0 Å². The van der Waals surface area contributed by atoms with Crippen LogP contribution in [-0.2, 0) is 10.5 Å². The Labute approximate surface area is 108 Å². The van der Waals surface area contributed by atoms with Gasteiger partial charge in [0.25, 0.3) is 0 Å². The van der Waals surface area contributed by atoms with Gasteiger partial charge in [-0.2, -0.15) is 0 Å². The van der Waals surface area contributed by atoms with Crippen molar-refractivity contribution >= 4 is 23.6 Å². The number of rotatable bonds is 6. The van der Waals surface area contributed by atoms with E-state index in [2.05, 4.69) is 0 Å². The van der Waals surface area contributed by atoms with Crippen molar-refractivity contribution in [3.8, 4) is 0 Å². The fourth-order valence-corrected chi connectivity index (χ4v) is 2.37. The summed E-state index contributed by atoms with van der Waals surface area (Å²) in [5.41, 5.74) is 5.61. The standard InChI is InChI=1S/C12H14FNO3S/c1-2-10(12(16)17)18-6-8-5-7(11(14)15)3-4-9(8)13/h3-5,10H,2,6H2,1H3,(H2,14,15)(H,16,17). The summed E-state index contributed by atoms with van der Waals surface area (Å²) in [6.45, 7) is 1.75. The number of hydrogen-bond acceptors (Lipinski definition) is 3. The molecule has 0 fully saturated rings. The van der Waals surface area contributed by atoms with Gasteiger partial charge in [-0.15, -0.1) is 11.8 Å². The monoisotopic (exact) mass is 271 g/mol. The van der Waals surface area contributed by atoms with Crippen LogP contribution in [0.4, 0.5) is 4.39 Å². The zero-order valence-corrected chi connectivity index (χ0v) is 10.7. The van der Waals surface area contributed by atoms with E-state index < -0.39 is 22.9 Å². The third-order valence-electron chi connectivity index (χ3n) is 2.42. The summed E-state index contributed by atoms with van der Waals surface area (Å²) >= 11 is 1.13. The van der Waals surface area contributed by atoms with Crippen molar-refractivity contribution in [2.45, 2.75) is 24.3 Å². The lowest BCUT2D eigenvalue weighted by Crippen LogP contribution is -2.15. The summed E-state index contributed by atoms with van der Waals surface area (Å²) in [6.07, 6.45) is 0.455. The van der Waals surface area contributed by atoms with Crippen LogP contribution in [0.15, 0.2) is 18.2 Å². The first kappa shape index (κ1) is 14.5. The Bertz CT molecular complexity index is 465. The van der Waals surface area contributed by atoms with E-state index in [1.807, 2.05) is 0 Å². The molecule has 0 bridgehead atoms. The highest BCUT2D eigenvalue weighted by atomic mass is 32.2. The molecule has 1 atom stereocenters. The van der Waals surface area contributed by atoms with E-state index in [4.69, 9.17) is 10.8 Å². The molecule has 1 unspecified atom stereocenters. The first-order valence-corrected chi connectivity index (χ1v) is 6.43. The highest BCUT2D eigenvalue weighted by Gasteiger charge is 2.16. The summed E-state index contributed by atoms with van der Waals surface area (Å²) < 4.78 is 13.5. The molecule has 0 aromatic heterocycles. The van der Waals surface area contributed by atoms with Gasteiger partial charge in [-0.25, -0.2) is 4.39 Å². The van der Waals surface area contributed by atoms with Gasteiger partial charge in [-0.05, 0) is 30.2 Å². The number of thioether (sulfide) groups is 1. The molecular weight excluding hydrogens is 257 g/mol.